The van der Waals surface area contributed by atoms with Crippen molar-refractivity contribution in [2.24, 2.45) is 0 Å². The van der Waals surface area contributed by atoms with Gasteiger partial charge in [0.2, 0.25) is 5.91 Å². The van der Waals surface area contributed by atoms with Crippen molar-refractivity contribution in [1.82, 2.24) is 19.7 Å². The molecule has 1 fully saturated rings. The smallest absolute Gasteiger partial charge is 0.233 e. The molecule has 2 unspecified atom stereocenters. The Morgan fingerprint density at radius 2 is 1.89 bits per heavy atom. The quantitative estimate of drug-likeness (QED) is 0.618. The van der Waals surface area contributed by atoms with Crippen molar-refractivity contribution in [3.05, 3.63) is 35.1 Å². The van der Waals surface area contributed by atoms with Crippen LogP contribution < -0.4 is 4.74 Å². The molecular weight excluding hydrogens is 396 g/mol. The minimum absolute atomic E-state index is 0.175. The van der Waals surface area contributed by atoms with E-state index in [-0.39, 0.29) is 5.91 Å². The van der Waals surface area contributed by atoms with E-state index in [4.69, 9.17) is 16.3 Å². The molecule has 1 aliphatic rings. The van der Waals surface area contributed by atoms with Gasteiger partial charge in [-0.1, -0.05) is 23.4 Å². The maximum absolute atomic E-state index is 12.7. The van der Waals surface area contributed by atoms with E-state index in [0.717, 1.165) is 36.1 Å². The molecule has 1 aromatic carbocycles. The number of aromatic nitrogens is 3. The highest BCUT2D eigenvalue weighted by atomic mass is 35.5. The third-order valence-electron chi connectivity index (χ3n) is 5.10. The third kappa shape index (κ3) is 5.00. The predicted molar refractivity (Wildman–Crippen MR) is 112 cm³/mol. The maximum Gasteiger partial charge on any atom is 0.233 e. The number of carbonyl (C=O) groups is 1. The first-order valence-electron chi connectivity index (χ1n) is 9.74. The Bertz CT molecular complexity index is 786. The predicted octanol–water partition coefficient (Wildman–Crippen LogP) is 4.41. The average molecular weight is 423 g/mol. The van der Waals surface area contributed by atoms with E-state index in [1.54, 1.807) is 12.1 Å². The fourth-order valence-corrected chi connectivity index (χ4v) is 4.66. The Labute approximate surface area is 175 Å². The van der Waals surface area contributed by atoms with Gasteiger partial charge in [-0.25, -0.2) is 0 Å². The highest BCUT2D eigenvalue weighted by molar-refractivity contribution is 7.99. The molecule has 152 valence electrons. The number of nitrogens with zero attached hydrogens (tertiary/aromatic N) is 4. The summed E-state index contributed by atoms with van der Waals surface area (Å²) in [6, 6.07) is 7.84. The first kappa shape index (κ1) is 21.0. The second-order valence-corrected chi connectivity index (χ2v) is 8.48. The molecule has 0 N–H and O–H groups in total. The second-order valence-electron chi connectivity index (χ2n) is 7.10. The molecule has 1 aliphatic heterocycles. The fraction of sp³-hybridized carbons (Fsp3) is 0.550. The van der Waals surface area contributed by atoms with Gasteiger partial charge in [-0.3, -0.25) is 4.79 Å². The third-order valence-corrected chi connectivity index (χ3v) is 6.30. The lowest BCUT2D eigenvalue weighted by molar-refractivity contribution is -0.134. The van der Waals surface area contributed by atoms with Gasteiger partial charge in [0.05, 0.1) is 5.75 Å². The number of hydrogen-bond donors (Lipinski definition) is 0. The van der Waals surface area contributed by atoms with Gasteiger partial charge in [0.25, 0.3) is 0 Å². The zero-order valence-electron chi connectivity index (χ0n) is 16.6. The molecule has 0 saturated carbocycles. The van der Waals surface area contributed by atoms with Crippen LogP contribution in [0.25, 0.3) is 0 Å². The van der Waals surface area contributed by atoms with Gasteiger partial charge in [-0.2, -0.15) is 0 Å². The minimum atomic E-state index is 0.175. The van der Waals surface area contributed by atoms with E-state index >= 15 is 0 Å². The van der Waals surface area contributed by atoms with Crippen LogP contribution in [0.1, 0.15) is 45.9 Å². The molecule has 28 heavy (non-hydrogen) atoms. The number of piperidine rings is 1. The lowest BCUT2D eigenvalue weighted by atomic mass is 9.98. The lowest BCUT2D eigenvalue weighted by Crippen LogP contribution is -2.48. The van der Waals surface area contributed by atoms with Crippen LogP contribution in [0.2, 0.25) is 5.02 Å². The average Bonchev–Trinajstić information content (AvgIpc) is 3.07. The second kappa shape index (κ2) is 9.65. The number of rotatable bonds is 7. The number of benzene rings is 1. The molecule has 1 aromatic heterocycles. The summed E-state index contributed by atoms with van der Waals surface area (Å²) in [7, 11) is 0. The van der Waals surface area contributed by atoms with Gasteiger partial charge < -0.3 is 14.2 Å². The molecule has 1 saturated heterocycles. The SMILES string of the molecule is CCn1c(COc2ccc(Cl)cc2)nnc1SCC(=O)N1C(C)CCCC1C. The van der Waals surface area contributed by atoms with E-state index in [1.807, 2.05) is 28.5 Å². The Kier molecular flexibility index (Phi) is 7.24. The fourth-order valence-electron chi connectivity index (χ4n) is 3.64. The molecular formula is C20H27ClN4O2S. The van der Waals surface area contributed by atoms with Crippen LogP contribution in [0.5, 0.6) is 5.75 Å². The van der Waals surface area contributed by atoms with Crippen LogP contribution in [0.3, 0.4) is 0 Å². The number of hydrogen-bond acceptors (Lipinski definition) is 5. The molecule has 2 heterocycles. The first-order chi connectivity index (χ1) is 13.5. The van der Waals surface area contributed by atoms with E-state index in [0.29, 0.717) is 29.5 Å². The Morgan fingerprint density at radius 1 is 1.21 bits per heavy atom. The molecule has 3 rings (SSSR count). The summed E-state index contributed by atoms with van der Waals surface area (Å²) in [5.74, 6) is 2.03. The van der Waals surface area contributed by atoms with Gasteiger partial charge in [-0.15, -0.1) is 10.2 Å². The number of carbonyl (C=O) groups excluding carboxylic acids is 1. The zero-order valence-corrected chi connectivity index (χ0v) is 18.2. The molecule has 0 spiro atoms. The highest BCUT2D eigenvalue weighted by Gasteiger charge is 2.29. The van der Waals surface area contributed by atoms with E-state index < -0.39 is 0 Å². The minimum Gasteiger partial charge on any atom is -0.486 e. The van der Waals surface area contributed by atoms with Crippen molar-refractivity contribution in [2.45, 2.75) is 70.4 Å². The first-order valence-corrected chi connectivity index (χ1v) is 11.1. The van der Waals surface area contributed by atoms with Crippen LogP contribution in [-0.4, -0.2) is 43.4 Å². The molecule has 2 atom stereocenters. The van der Waals surface area contributed by atoms with Crippen LogP contribution in [0.4, 0.5) is 0 Å². The van der Waals surface area contributed by atoms with Gasteiger partial charge in [0, 0.05) is 23.7 Å². The number of ether oxygens (including phenoxy) is 1. The van der Waals surface area contributed by atoms with E-state index in [2.05, 4.69) is 24.0 Å². The summed E-state index contributed by atoms with van der Waals surface area (Å²) < 4.78 is 7.78. The number of thioether (sulfide) groups is 1. The topological polar surface area (TPSA) is 60.2 Å². The lowest BCUT2D eigenvalue weighted by Gasteiger charge is -2.39. The molecule has 0 bridgehead atoms. The Balaban J connectivity index is 1.60. The van der Waals surface area contributed by atoms with E-state index in [9.17, 15) is 4.79 Å². The Hall–Kier alpha value is -1.73. The van der Waals surface area contributed by atoms with Crippen molar-refractivity contribution in [3.8, 4) is 5.75 Å². The van der Waals surface area contributed by atoms with Gasteiger partial charge >= 0.3 is 0 Å². The molecule has 6 nitrogen and oxygen atoms in total. The number of amides is 1. The zero-order chi connectivity index (χ0) is 20.1. The van der Waals surface area contributed by atoms with Gasteiger partial charge in [0.15, 0.2) is 11.0 Å². The monoisotopic (exact) mass is 422 g/mol. The summed E-state index contributed by atoms with van der Waals surface area (Å²) in [6.45, 7) is 7.35. The molecule has 0 radical (unpaired) electrons. The van der Waals surface area contributed by atoms with Crippen molar-refractivity contribution in [1.29, 1.82) is 0 Å². The Morgan fingerprint density at radius 3 is 2.54 bits per heavy atom. The van der Waals surface area contributed by atoms with Crippen molar-refractivity contribution in [3.63, 3.8) is 0 Å². The van der Waals surface area contributed by atoms with Gasteiger partial charge in [-0.05, 0) is 64.3 Å². The summed E-state index contributed by atoms with van der Waals surface area (Å²) in [5, 5.41) is 9.95. The highest BCUT2D eigenvalue weighted by Crippen LogP contribution is 2.25. The standard InChI is InChI=1S/C20H27ClN4O2S/c1-4-24-18(12-27-17-10-8-16(21)9-11-17)22-23-20(24)28-13-19(26)25-14(2)6-5-7-15(25)3/h8-11,14-15H,4-7,12-13H2,1-3H3. The largest absolute Gasteiger partial charge is 0.486 e. The number of likely N-dealkylation sites (tertiary alicyclic amines) is 1. The van der Waals surface area contributed by atoms with Gasteiger partial charge in [0.1, 0.15) is 12.4 Å². The molecule has 0 aliphatic carbocycles. The molecule has 1 amide bonds. The molecule has 2 aromatic rings. The summed E-state index contributed by atoms with van der Waals surface area (Å²) in [5.41, 5.74) is 0. The summed E-state index contributed by atoms with van der Waals surface area (Å²) in [6.07, 6.45) is 3.36. The van der Waals surface area contributed by atoms with Crippen molar-refractivity contribution < 1.29 is 9.53 Å². The van der Waals surface area contributed by atoms with Crippen LogP contribution in [0.15, 0.2) is 29.4 Å². The van der Waals surface area contributed by atoms with Crippen LogP contribution >= 0.6 is 23.4 Å². The summed E-state index contributed by atoms with van der Waals surface area (Å²) >= 11 is 7.35. The van der Waals surface area contributed by atoms with Crippen LogP contribution in [0, 0.1) is 0 Å². The van der Waals surface area contributed by atoms with E-state index in [1.165, 1.54) is 18.2 Å². The van der Waals surface area contributed by atoms with Crippen LogP contribution in [-0.2, 0) is 17.9 Å². The summed E-state index contributed by atoms with van der Waals surface area (Å²) in [4.78, 5) is 14.8. The van der Waals surface area contributed by atoms with Crippen molar-refractivity contribution >= 4 is 29.3 Å². The maximum atomic E-state index is 12.7. The molecule has 8 heteroatoms. The normalized spacial score (nSPS) is 19.6. The number of halogens is 1. The van der Waals surface area contributed by atoms with Crippen molar-refractivity contribution in [2.75, 3.05) is 5.75 Å².